The van der Waals surface area contributed by atoms with Gasteiger partial charge >= 0.3 is 0 Å². The number of nitrogens with two attached hydrogens (primary N) is 2. The van der Waals surface area contributed by atoms with Crippen molar-refractivity contribution in [3.63, 3.8) is 0 Å². The van der Waals surface area contributed by atoms with E-state index < -0.39 is 0 Å². The highest BCUT2D eigenvalue weighted by atomic mass is 16.1. The summed E-state index contributed by atoms with van der Waals surface area (Å²) in [6.45, 7) is 1.62. The van der Waals surface area contributed by atoms with E-state index in [1.54, 1.807) is 0 Å². The van der Waals surface area contributed by atoms with Gasteiger partial charge in [-0.25, -0.2) is 0 Å². The molecule has 1 fully saturated rings. The maximum absolute atomic E-state index is 10.9. The van der Waals surface area contributed by atoms with Gasteiger partial charge in [0.15, 0.2) is 0 Å². The highest BCUT2D eigenvalue weighted by Crippen LogP contribution is 2.15. The fourth-order valence-electron chi connectivity index (χ4n) is 1.65. The van der Waals surface area contributed by atoms with Crippen molar-refractivity contribution < 1.29 is 9.59 Å². The van der Waals surface area contributed by atoms with Crippen molar-refractivity contribution >= 4 is 11.8 Å². The lowest BCUT2D eigenvalue weighted by Crippen LogP contribution is -2.44. The first kappa shape index (κ1) is 9.98. The molecule has 1 heterocycles. The number of carbonyl (C=O) groups is 2. The van der Waals surface area contributed by atoms with E-state index in [1.165, 1.54) is 0 Å². The summed E-state index contributed by atoms with van der Waals surface area (Å²) in [6.07, 6.45) is 1.73. The van der Waals surface area contributed by atoms with E-state index in [2.05, 4.69) is 0 Å². The summed E-state index contributed by atoms with van der Waals surface area (Å²) < 4.78 is 0. The molecule has 0 radical (unpaired) electrons. The van der Waals surface area contributed by atoms with Gasteiger partial charge in [-0.1, -0.05) is 0 Å². The van der Waals surface area contributed by atoms with E-state index >= 15 is 0 Å². The first-order chi connectivity index (χ1) is 6.09. The highest BCUT2D eigenvalue weighted by Gasteiger charge is 2.24. The molecule has 1 atom stereocenters. The van der Waals surface area contributed by atoms with Crippen molar-refractivity contribution in [2.75, 3.05) is 19.6 Å². The van der Waals surface area contributed by atoms with Gasteiger partial charge < -0.3 is 11.5 Å². The second-order valence-corrected chi connectivity index (χ2v) is 3.44. The third kappa shape index (κ3) is 3.02. The molecule has 0 aliphatic carbocycles. The Hall–Kier alpha value is -1.10. The number of likely N-dealkylation sites (tertiary alicyclic amines) is 1. The predicted molar refractivity (Wildman–Crippen MR) is 47.6 cm³/mol. The molecule has 5 heteroatoms. The highest BCUT2D eigenvalue weighted by molar-refractivity contribution is 5.78. The van der Waals surface area contributed by atoms with Crippen LogP contribution in [-0.2, 0) is 9.59 Å². The molecular formula is C8H15N3O2. The first-order valence-corrected chi connectivity index (χ1v) is 4.39. The second-order valence-electron chi connectivity index (χ2n) is 3.44. The number of nitrogens with zero attached hydrogens (tertiary/aromatic N) is 1. The summed E-state index contributed by atoms with van der Waals surface area (Å²) in [5.41, 5.74) is 10.2. The van der Waals surface area contributed by atoms with E-state index in [4.69, 9.17) is 11.5 Å². The number of primary amides is 2. The van der Waals surface area contributed by atoms with Gasteiger partial charge in [0.2, 0.25) is 11.8 Å². The van der Waals surface area contributed by atoms with Gasteiger partial charge in [-0.15, -0.1) is 0 Å². The van der Waals surface area contributed by atoms with E-state index in [0.717, 1.165) is 19.4 Å². The minimum Gasteiger partial charge on any atom is -0.369 e. The summed E-state index contributed by atoms with van der Waals surface area (Å²) in [5, 5.41) is 0. The summed E-state index contributed by atoms with van der Waals surface area (Å²) in [6, 6.07) is 0. The molecule has 74 valence electrons. The van der Waals surface area contributed by atoms with Gasteiger partial charge in [0.05, 0.1) is 12.5 Å². The van der Waals surface area contributed by atoms with Crippen molar-refractivity contribution in [2.45, 2.75) is 12.8 Å². The van der Waals surface area contributed by atoms with Gasteiger partial charge in [-0.2, -0.15) is 0 Å². The quantitative estimate of drug-likeness (QED) is 0.570. The molecule has 0 saturated carbocycles. The zero-order chi connectivity index (χ0) is 9.84. The second kappa shape index (κ2) is 4.23. The molecule has 0 unspecified atom stereocenters. The molecule has 0 aromatic carbocycles. The Morgan fingerprint density at radius 3 is 2.62 bits per heavy atom. The number of piperidine rings is 1. The first-order valence-electron chi connectivity index (χ1n) is 4.39. The molecule has 1 rings (SSSR count). The van der Waals surface area contributed by atoms with Crippen LogP contribution in [0.5, 0.6) is 0 Å². The summed E-state index contributed by atoms with van der Waals surface area (Å²) >= 11 is 0. The SMILES string of the molecule is NC(=O)CN1CCC[C@@H](C(N)=O)C1. The Bertz CT molecular complexity index is 217. The topological polar surface area (TPSA) is 89.4 Å². The van der Waals surface area contributed by atoms with Gasteiger partial charge in [0.1, 0.15) is 0 Å². The van der Waals surface area contributed by atoms with Gasteiger partial charge in [-0.3, -0.25) is 14.5 Å². The van der Waals surface area contributed by atoms with Crippen LogP contribution in [0.1, 0.15) is 12.8 Å². The average molecular weight is 185 g/mol. The van der Waals surface area contributed by atoms with Crippen molar-refractivity contribution in [2.24, 2.45) is 17.4 Å². The van der Waals surface area contributed by atoms with Gasteiger partial charge in [-0.05, 0) is 19.4 Å². The number of rotatable bonds is 3. The Morgan fingerprint density at radius 2 is 2.08 bits per heavy atom. The number of amides is 2. The Morgan fingerprint density at radius 1 is 1.38 bits per heavy atom. The van der Waals surface area contributed by atoms with Crippen LogP contribution in [0.2, 0.25) is 0 Å². The maximum atomic E-state index is 10.9. The van der Waals surface area contributed by atoms with Crippen LogP contribution in [0.4, 0.5) is 0 Å². The van der Waals surface area contributed by atoms with Crippen LogP contribution < -0.4 is 11.5 Å². The molecule has 1 aliphatic rings. The summed E-state index contributed by atoms with van der Waals surface area (Å²) in [4.78, 5) is 23.3. The van der Waals surface area contributed by atoms with Crippen LogP contribution in [0.15, 0.2) is 0 Å². The molecular weight excluding hydrogens is 170 g/mol. The van der Waals surface area contributed by atoms with Crippen molar-refractivity contribution in [3.8, 4) is 0 Å². The zero-order valence-electron chi connectivity index (χ0n) is 7.53. The molecule has 1 saturated heterocycles. The van der Waals surface area contributed by atoms with Crippen LogP contribution in [0.3, 0.4) is 0 Å². The molecule has 4 N–H and O–H groups in total. The predicted octanol–water partition coefficient (Wildman–Crippen LogP) is -1.33. The number of hydrogen-bond donors (Lipinski definition) is 2. The molecule has 13 heavy (non-hydrogen) atoms. The van der Waals surface area contributed by atoms with E-state index in [1.807, 2.05) is 4.90 Å². The normalized spacial score (nSPS) is 24.2. The van der Waals surface area contributed by atoms with Crippen LogP contribution in [-0.4, -0.2) is 36.3 Å². The molecule has 2 amide bonds. The van der Waals surface area contributed by atoms with E-state index in [9.17, 15) is 9.59 Å². The van der Waals surface area contributed by atoms with Crippen LogP contribution in [0.25, 0.3) is 0 Å². The van der Waals surface area contributed by atoms with Crippen LogP contribution >= 0.6 is 0 Å². The van der Waals surface area contributed by atoms with Crippen molar-refractivity contribution in [1.29, 1.82) is 0 Å². The smallest absolute Gasteiger partial charge is 0.231 e. The van der Waals surface area contributed by atoms with Crippen molar-refractivity contribution in [3.05, 3.63) is 0 Å². The largest absolute Gasteiger partial charge is 0.369 e. The third-order valence-electron chi connectivity index (χ3n) is 2.29. The summed E-state index contributed by atoms with van der Waals surface area (Å²) in [5.74, 6) is -0.757. The Balaban J connectivity index is 2.41. The molecule has 1 aliphatic heterocycles. The summed E-state index contributed by atoms with van der Waals surface area (Å²) in [7, 11) is 0. The molecule has 0 bridgehead atoms. The average Bonchev–Trinajstić information content (AvgIpc) is 2.03. The Labute approximate surface area is 77.1 Å². The Kier molecular flexibility index (Phi) is 3.25. The lowest BCUT2D eigenvalue weighted by molar-refractivity contribution is -0.125. The molecule has 0 aromatic heterocycles. The molecule has 0 spiro atoms. The zero-order valence-corrected chi connectivity index (χ0v) is 7.53. The monoisotopic (exact) mass is 185 g/mol. The van der Waals surface area contributed by atoms with Crippen LogP contribution in [0, 0.1) is 5.92 Å². The fraction of sp³-hybridized carbons (Fsp3) is 0.750. The third-order valence-corrected chi connectivity index (χ3v) is 2.29. The molecule has 5 nitrogen and oxygen atoms in total. The number of carbonyl (C=O) groups excluding carboxylic acids is 2. The van der Waals surface area contributed by atoms with Gasteiger partial charge in [0, 0.05) is 6.54 Å². The van der Waals surface area contributed by atoms with E-state index in [-0.39, 0.29) is 24.3 Å². The number of hydrogen-bond acceptors (Lipinski definition) is 3. The maximum Gasteiger partial charge on any atom is 0.231 e. The van der Waals surface area contributed by atoms with Crippen molar-refractivity contribution in [1.82, 2.24) is 4.90 Å². The lowest BCUT2D eigenvalue weighted by Gasteiger charge is -2.29. The van der Waals surface area contributed by atoms with E-state index in [0.29, 0.717) is 6.54 Å². The lowest BCUT2D eigenvalue weighted by atomic mass is 9.97. The minimum absolute atomic E-state index is 0.118. The standard InChI is InChI=1S/C8H15N3O2/c9-7(12)5-11-3-1-2-6(4-11)8(10)13/h6H,1-5H2,(H2,9,12)(H2,10,13)/t6-/m1/s1. The molecule has 0 aromatic rings. The fourth-order valence-corrected chi connectivity index (χ4v) is 1.65. The van der Waals surface area contributed by atoms with Gasteiger partial charge in [0.25, 0.3) is 0 Å². The minimum atomic E-state index is -0.356.